The normalized spacial score (nSPS) is 12.7. The highest BCUT2D eigenvalue weighted by Crippen LogP contribution is 2.03. The van der Waals surface area contributed by atoms with E-state index in [1.807, 2.05) is 24.0 Å². The van der Waals surface area contributed by atoms with Gasteiger partial charge >= 0.3 is 0 Å². The van der Waals surface area contributed by atoms with Gasteiger partial charge in [0.2, 0.25) is 0 Å². The number of aromatic nitrogens is 1. The summed E-state index contributed by atoms with van der Waals surface area (Å²) in [6, 6.07) is 4.07. The van der Waals surface area contributed by atoms with E-state index in [4.69, 9.17) is 0 Å². The van der Waals surface area contributed by atoms with E-state index in [0.29, 0.717) is 0 Å². The van der Waals surface area contributed by atoms with Crippen LogP contribution in [0.5, 0.6) is 0 Å². The molecule has 0 aliphatic heterocycles. The van der Waals surface area contributed by atoms with Crippen molar-refractivity contribution in [1.82, 2.24) is 10.3 Å². The first kappa shape index (κ1) is 11.5. The van der Waals surface area contributed by atoms with E-state index < -0.39 is 0 Å². The number of pyridine rings is 1. The van der Waals surface area contributed by atoms with E-state index in [1.54, 1.807) is 6.20 Å². The van der Waals surface area contributed by atoms with Crippen LogP contribution in [0.15, 0.2) is 24.5 Å². The minimum absolute atomic E-state index is 0.738. The van der Waals surface area contributed by atoms with Crippen molar-refractivity contribution in [3.05, 3.63) is 30.1 Å². The maximum absolute atomic E-state index is 4.07. The molecule has 0 radical (unpaired) electrons. The average Bonchev–Trinajstić information content (AvgIpc) is 2.20. The van der Waals surface area contributed by atoms with Crippen LogP contribution in [-0.2, 0) is 6.54 Å². The number of rotatable bonds is 6. The SMILES string of the molecule is CSCC(C)CNCc1cccnc1. The molecule has 0 saturated heterocycles. The largest absolute Gasteiger partial charge is 0.312 e. The Balaban J connectivity index is 2.16. The summed E-state index contributed by atoms with van der Waals surface area (Å²) in [4.78, 5) is 4.07. The van der Waals surface area contributed by atoms with Crippen LogP contribution in [0.3, 0.4) is 0 Å². The highest BCUT2D eigenvalue weighted by Gasteiger charge is 1.99. The second kappa shape index (κ2) is 6.85. The Bertz CT molecular complexity index is 238. The van der Waals surface area contributed by atoms with Gasteiger partial charge in [0.15, 0.2) is 0 Å². The first-order chi connectivity index (χ1) is 6.83. The summed E-state index contributed by atoms with van der Waals surface area (Å²) in [5, 5.41) is 3.43. The van der Waals surface area contributed by atoms with Gasteiger partial charge in [-0.1, -0.05) is 13.0 Å². The molecule has 0 saturated carbocycles. The first-order valence-corrected chi connectivity index (χ1v) is 6.31. The van der Waals surface area contributed by atoms with Gasteiger partial charge in [-0.3, -0.25) is 4.98 Å². The van der Waals surface area contributed by atoms with Gasteiger partial charge in [0.1, 0.15) is 0 Å². The van der Waals surface area contributed by atoms with Gasteiger partial charge in [0, 0.05) is 18.9 Å². The molecule has 0 aliphatic rings. The molecule has 14 heavy (non-hydrogen) atoms. The van der Waals surface area contributed by atoms with Crippen LogP contribution in [0.2, 0.25) is 0 Å². The Morgan fingerprint density at radius 2 is 2.43 bits per heavy atom. The van der Waals surface area contributed by atoms with E-state index >= 15 is 0 Å². The summed E-state index contributed by atoms with van der Waals surface area (Å²) in [5.41, 5.74) is 1.25. The highest BCUT2D eigenvalue weighted by atomic mass is 32.2. The van der Waals surface area contributed by atoms with Crippen LogP contribution in [-0.4, -0.2) is 23.5 Å². The van der Waals surface area contributed by atoms with E-state index in [9.17, 15) is 0 Å². The molecule has 0 fully saturated rings. The van der Waals surface area contributed by atoms with Crippen LogP contribution in [0.25, 0.3) is 0 Å². The van der Waals surface area contributed by atoms with Crippen molar-refractivity contribution in [3.8, 4) is 0 Å². The zero-order valence-electron chi connectivity index (χ0n) is 8.86. The smallest absolute Gasteiger partial charge is 0.0312 e. The minimum atomic E-state index is 0.738. The van der Waals surface area contributed by atoms with Gasteiger partial charge in [0.25, 0.3) is 0 Å². The third kappa shape index (κ3) is 4.63. The van der Waals surface area contributed by atoms with Gasteiger partial charge < -0.3 is 5.32 Å². The maximum atomic E-state index is 4.07. The van der Waals surface area contributed by atoms with Gasteiger partial charge in [-0.15, -0.1) is 0 Å². The van der Waals surface area contributed by atoms with E-state index in [-0.39, 0.29) is 0 Å². The predicted octanol–water partition coefficient (Wildman–Crippen LogP) is 2.17. The predicted molar refractivity (Wildman–Crippen MR) is 63.5 cm³/mol. The standard InChI is InChI=1S/C11H18N2S/c1-10(9-14-2)6-13-8-11-4-3-5-12-7-11/h3-5,7,10,13H,6,8-9H2,1-2H3. The fourth-order valence-electron chi connectivity index (χ4n) is 1.31. The zero-order valence-corrected chi connectivity index (χ0v) is 9.68. The summed E-state index contributed by atoms with van der Waals surface area (Å²) in [6.07, 6.45) is 5.86. The maximum Gasteiger partial charge on any atom is 0.0312 e. The quantitative estimate of drug-likeness (QED) is 0.779. The number of nitrogens with one attached hydrogen (secondary N) is 1. The van der Waals surface area contributed by atoms with Crippen LogP contribution in [0.1, 0.15) is 12.5 Å². The molecule has 1 unspecified atom stereocenters. The summed E-state index contributed by atoms with van der Waals surface area (Å²) in [7, 11) is 0. The third-order valence-corrected chi connectivity index (χ3v) is 2.90. The van der Waals surface area contributed by atoms with Gasteiger partial charge in [-0.2, -0.15) is 11.8 Å². The lowest BCUT2D eigenvalue weighted by molar-refractivity contribution is 0.559. The molecule has 0 amide bonds. The third-order valence-electron chi connectivity index (χ3n) is 2.00. The molecule has 0 aliphatic carbocycles. The fourth-order valence-corrected chi connectivity index (χ4v) is 2.00. The summed E-state index contributed by atoms with van der Waals surface area (Å²) in [5.74, 6) is 1.96. The molecular formula is C11H18N2S. The second-order valence-electron chi connectivity index (χ2n) is 3.55. The number of thioether (sulfide) groups is 1. The van der Waals surface area contributed by atoms with E-state index in [1.165, 1.54) is 11.3 Å². The molecule has 1 aromatic rings. The Labute approximate surface area is 90.5 Å². The Hall–Kier alpha value is -0.540. The molecule has 1 rings (SSSR count). The molecular weight excluding hydrogens is 192 g/mol. The lowest BCUT2D eigenvalue weighted by Crippen LogP contribution is -2.22. The van der Waals surface area contributed by atoms with Crippen molar-refractivity contribution in [2.75, 3.05) is 18.6 Å². The molecule has 2 nitrogen and oxygen atoms in total. The highest BCUT2D eigenvalue weighted by molar-refractivity contribution is 7.98. The number of hydrogen-bond acceptors (Lipinski definition) is 3. The second-order valence-corrected chi connectivity index (χ2v) is 4.46. The van der Waals surface area contributed by atoms with Crippen LogP contribution in [0, 0.1) is 5.92 Å². The molecule has 0 bridgehead atoms. The molecule has 1 aromatic heterocycles. The van der Waals surface area contributed by atoms with Crippen LogP contribution >= 0.6 is 11.8 Å². The molecule has 1 N–H and O–H groups in total. The van der Waals surface area contributed by atoms with Crippen LogP contribution < -0.4 is 5.32 Å². The van der Waals surface area contributed by atoms with E-state index in [2.05, 4.69) is 29.5 Å². The molecule has 0 spiro atoms. The molecule has 1 atom stereocenters. The van der Waals surface area contributed by atoms with Crippen molar-refractivity contribution in [2.24, 2.45) is 5.92 Å². The lowest BCUT2D eigenvalue weighted by atomic mass is 10.2. The monoisotopic (exact) mass is 210 g/mol. The van der Waals surface area contributed by atoms with Gasteiger partial charge in [-0.05, 0) is 36.1 Å². The Morgan fingerprint density at radius 1 is 1.57 bits per heavy atom. The number of hydrogen-bond donors (Lipinski definition) is 1. The van der Waals surface area contributed by atoms with Crippen molar-refractivity contribution in [1.29, 1.82) is 0 Å². The topological polar surface area (TPSA) is 24.9 Å². The fraction of sp³-hybridized carbons (Fsp3) is 0.545. The zero-order chi connectivity index (χ0) is 10.2. The van der Waals surface area contributed by atoms with Crippen molar-refractivity contribution >= 4 is 11.8 Å². The van der Waals surface area contributed by atoms with Gasteiger partial charge in [-0.25, -0.2) is 0 Å². The van der Waals surface area contributed by atoms with Gasteiger partial charge in [0.05, 0.1) is 0 Å². The molecule has 3 heteroatoms. The summed E-state index contributed by atoms with van der Waals surface area (Å²) >= 11 is 1.90. The van der Waals surface area contributed by atoms with Crippen molar-refractivity contribution in [3.63, 3.8) is 0 Å². The number of nitrogens with zero attached hydrogens (tertiary/aromatic N) is 1. The average molecular weight is 210 g/mol. The Kier molecular flexibility index (Phi) is 5.64. The minimum Gasteiger partial charge on any atom is -0.312 e. The van der Waals surface area contributed by atoms with Crippen molar-refractivity contribution < 1.29 is 0 Å². The van der Waals surface area contributed by atoms with Crippen molar-refractivity contribution in [2.45, 2.75) is 13.5 Å². The molecule has 78 valence electrons. The lowest BCUT2D eigenvalue weighted by Gasteiger charge is -2.10. The Morgan fingerprint density at radius 3 is 3.07 bits per heavy atom. The molecule has 1 heterocycles. The van der Waals surface area contributed by atoms with Crippen LogP contribution in [0.4, 0.5) is 0 Å². The van der Waals surface area contributed by atoms with E-state index in [0.717, 1.165) is 19.0 Å². The summed E-state index contributed by atoms with van der Waals surface area (Å²) < 4.78 is 0. The summed E-state index contributed by atoms with van der Waals surface area (Å²) in [6.45, 7) is 4.27. The molecule has 0 aromatic carbocycles. The first-order valence-electron chi connectivity index (χ1n) is 4.91.